The number of benzene rings is 2. The van der Waals surface area contributed by atoms with E-state index < -0.39 is 0 Å². The van der Waals surface area contributed by atoms with Gasteiger partial charge >= 0.3 is 0 Å². The van der Waals surface area contributed by atoms with E-state index in [2.05, 4.69) is 17.4 Å². The summed E-state index contributed by atoms with van der Waals surface area (Å²) < 4.78 is 5.63. The van der Waals surface area contributed by atoms with E-state index in [-0.39, 0.29) is 24.5 Å². The van der Waals surface area contributed by atoms with E-state index in [0.717, 1.165) is 37.9 Å². The van der Waals surface area contributed by atoms with Crippen LogP contribution in [0.5, 0.6) is 5.75 Å². The Labute approximate surface area is 159 Å². The van der Waals surface area contributed by atoms with Gasteiger partial charge in [-0.2, -0.15) is 0 Å². The lowest BCUT2D eigenvalue weighted by Gasteiger charge is -2.26. The fourth-order valence-corrected chi connectivity index (χ4v) is 3.93. The molecule has 5 heteroatoms. The van der Waals surface area contributed by atoms with Gasteiger partial charge in [0.1, 0.15) is 5.75 Å². The number of fused-ring (bicyclic) bond motifs is 1. The van der Waals surface area contributed by atoms with E-state index in [0.29, 0.717) is 12.2 Å². The molecule has 1 saturated heterocycles. The highest BCUT2D eigenvalue weighted by atomic mass is 16.5. The molecule has 0 aromatic heterocycles. The minimum absolute atomic E-state index is 0.0132. The van der Waals surface area contributed by atoms with Crippen molar-refractivity contribution in [2.45, 2.75) is 38.1 Å². The Morgan fingerprint density at radius 2 is 1.89 bits per heavy atom. The molecule has 5 nitrogen and oxygen atoms in total. The van der Waals surface area contributed by atoms with Crippen LogP contribution >= 0.6 is 0 Å². The second-order valence-electron chi connectivity index (χ2n) is 7.14. The molecule has 4 rings (SSSR count). The smallest absolute Gasteiger partial charge is 0.258 e. The van der Waals surface area contributed by atoms with Crippen LogP contribution in [-0.2, 0) is 16.0 Å². The van der Waals surface area contributed by atoms with Crippen LogP contribution in [0.25, 0.3) is 0 Å². The highest BCUT2D eigenvalue weighted by Gasteiger charge is 2.22. The number of nitrogens with one attached hydrogen (secondary N) is 1. The topological polar surface area (TPSA) is 58.6 Å². The number of amides is 2. The normalized spacial score (nSPS) is 18.9. The third-order valence-corrected chi connectivity index (χ3v) is 5.30. The first-order valence-corrected chi connectivity index (χ1v) is 9.61. The highest BCUT2D eigenvalue weighted by Crippen LogP contribution is 2.29. The van der Waals surface area contributed by atoms with Gasteiger partial charge in [0.05, 0.1) is 6.04 Å². The Bertz CT molecular complexity index is 832. The Kier molecular flexibility index (Phi) is 5.10. The molecule has 2 aromatic rings. The minimum Gasteiger partial charge on any atom is -0.484 e. The van der Waals surface area contributed by atoms with Crippen LogP contribution in [0.1, 0.15) is 42.9 Å². The molecule has 1 aliphatic heterocycles. The standard InChI is InChI=1S/C22H24N2O3/c25-21(23-20-8-3-6-16-5-1-2-7-19(16)20)15-27-18-12-10-17(11-13-18)24-14-4-9-22(24)26/h1-2,5,7,10-13,20H,3-4,6,8-9,14-15H2,(H,23,25)/t20-/m1/s1. The average molecular weight is 364 g/mol. The van der Waals surface area contributed by atoms with Crippen molar-refractivity contribution in [1.82, 2.24) is 5.32 Å². The summed E-state index contributed by atoms with van der Waals surface area (Å²) in [5.74, 6) is 0.677. The maximum Gasteiger partial charge on any atom is 0.258 e. The van der Waals surface area contributed by atoms with Crippen molar-refractivity contribution in [2.75, 3.05) is 18.1 Å². The maximum atomic E-state index is 12.3. The molecule has 0 radical (unpaired) electrons. The summed E-state index contributed by atoms with van der Waals surface area (Å²) in [6.07, 6.45) is 4.63. The first-order valence-electron chi connectivity index (χ1n) is 9.61. The maximum absolute atomic E-state index is 12.3. The van der Waals surface area contributed by atoms with Gasteiger partial charge in [-0.05, 0) is 61.1 Å². The Hall–Kier alpha value is -2.82. The first-order chi connectivity index (χ1) is 13.2. The van der Waals surface area contributed by atoms with Crippen LogP contribution in [0.4, 0.5) is 5.69 Å². The van der Waals surface area contributed by atoms with E-state index in [1.54, 1.807) is 4.90 Å². The van der Waals surface area contributed by atoms with Crippen LogP contribution in [-0.4, -0.2) is 25.0 Å². The molecule has 1 aliphatic carbocycles. The predicted molar refractivity (Wildman–Crippen MR) is 104 cm³/mol. The van der Waals surface area contributed by atoms with Crippen molar-refractivity contribution in [2.24, 2.45) is 0 Å². The summed E-state index contributed by atoms with van der Waals surface area (Å²) in [4.78, 5) is 25.9. The molecule has 2 aromatic carbocycles. The molecular formula is C22H24N2O3. The van der Waals surface area contributed by atoms with Gasteiger partial charge in [0.25, 0.3) is 5.91 Å². The summed E-state index contributed by atoms with van der Waals surface area (Å²) in [5.41, 5.74) is 3.42. The second-order valence-corrected chi connectivity index (χ2v) is 7.14. The monoisotopic (exact) mass is 364 g/mol. The van der Waals surface area contributed by atoms with Crippen LogP contribution < -0.4 is 15.0 Å². The van der Waals surface area contributed by atoms with E-state index in [1.807, 2.05) is 36.4 Å². The molecule has 1 N–H and O–H groups in total. The average Bonchev–Trinajstić information content (AvgIpc) is 3.13. The van der Waals surface area contributed by atoms with Crippen molar-refractivity contribution >= 4 is 17.5 Å². The van der Waals surface area contributed by atoms with Crippen LogP contribution in [0.3, 0.4) is 0 Å². The van der Waals surface area contributed by atoms with Gasteiger partial charge in [-0.25, -0.2) is 0 Å². The molecule has 1 atom stereocenters. The van der Waals surface area contributed by atoms with E-state index in [9.17, 15) is 9.59 Å². The Morgan fingerprint density at radius 3 is 2.67 bits per heavy atom. The first kappa shape index (κ1) is 17.6. The molecule has 140 valence electrons. The van der Waals surface area contributed by atoms with Crippen molar-refractivity contribution < 1.29 is 14.3 Å². The van der Waals surface area contributed by atoms with Crippen molar-refractivity contribution in [1.29, 1.82) is 0 Å². The summed E-state index contributed by atoms with van der Waals surface area (Å²) in [6.45, 7) is 0.755. The number of anilines is 1. The predicted octanol–water partition coefficient (Wildman–Crippen LogP) is 3.39. The molecule has 1 heterocycles. The Balaban J connectivity index is 1.31. The van der Waals surface area contributed by atoms with E-state index in [1.165, 1.54) is 11.1 Å². The number of hydrogen-bond acceptors (Lipinski definition) is 3. The number of carbonyl (C=O) groups is 2. The van der Waals surface area contributed by atoms with Gasteiger partial charge in [-0.1, -0.05) is 24.3 Å². The summed E-state index contributed by atoms with van der Waals surface area (Å²) >= 11 is 0. The van der Waals surface area contributed by atoms with Crippen molar-refractivity contribution in [3.05, 3.63) is 59.7 Å². The third kappa shape index (κ3) is 3.97. The van der Waals surface area contributed by atoms with Crippen LogP contribution in [0.2, 0.25) is 0 Å². The summed E-state index contributed by atoms with van der Waals surface area (Å²) in [6, 6.07) is 15.7. The van der Waals surface area contributed by atoms with Gasteiger partial charge in [-0.3, -0.25) is 9.59 Å². The Morgan fingerprint density at radius 1 is 1.07 bits per heavy atom. The molecule has 2 amide bonds. The van der Waals surface area contributed by atoms with Gasteiger partial charge in [-0.15, -0.1) is 0 Å². The molecule has 27 heavy (non-hydrogen) atoms. The minimum atomic E-state index is -0.115. The van der Waals surface area contributed by atoms with Crippen LogP contribution in [0, 0.1) is 0 Å². The number of aryl methyl sites for hydroxylation is 1. The van der Waals surface area contributed by atoms with Gasteiger partial charge in [0.2, 0.25) is 5.91 Å². The van der Waals surface area contributed by atoms with E-state index >= 15 is 0 Å². The fraction of sp³-hybridized carbons (Fsp3) is 0.364. The van der Waals surface area contributed by atoms with Gasteiger partial charge in [0, 0.05) is 18.7 Å². The lowest BCUT2D eigenvalue weighted by Crippen LogP contribution is -2.34. The third-order valence-electron chi connectivity index (χ3n) is 5.30. The molecular weight excluding hydrogens is 340 g/mol. The number of carbonyl (C=O) groups excluding carboxylic acids is 2. The van der Waals surface area contributed by atoms with Crippen LogP contribution in [0.15, 0.2) is 48.5 Å². The molecule has 1 fully saturated rings. The van der Waals surface area contributed by atoms with Crippen molar-refractivity contribution in [3.8, 4) is 5.75 Å². The highest BCUT2D eigenvalue weighted by molar-refractivity contribution is 5.95. The fourth-order valence-electron chi connectivity index (χ4n) is 3.93. The zero-order valence-electron chi connectivity index (χ0n) is 15.3. The van der Waals surface area contributed by atoms with Gasteiger partial charge < -0.3 is 15.0 Å². The number of hydrogen-bond donors (Lipinski definition) is 1. The largest absolute Gasteiger partial charge is 0.484 e. The second kappa shape index (κ2) is 7.82. The zero-order valence-corrected chi connectivity index (χ0v) is 15.3. The molecule has 0 saturated carbocycles. The summed E-state index contributed by atoms with van der Waals surface area (Å²) in [7, 11) is 0. The van der Waals surface area contributed by atoms with Gasteiger partial charge in [0.15, 0.2) is 6.61 Å². The number of rotatable bonds is 5. The molecule has 0 bridgehead atoms. The number of nitrogens with zero attached hydrogens (tertiary/aromatic N) is 1. The molecule has 0 spiro atoms. The zero-order chi connectivity index (χ0) is 18.6. The molecule has 2 aliphatic rings. The van der Waals surface area contributed by atoms with Crippen molar-refractivity contribution in [3.63, 3.8) is 0 Å². The van der Waals surface area contributed by atoms with E-state index in [4.69, 9.17) is 4.74 Å². The number of ether oxygens (including phenoxy) is 1. The SMILES string of the molecule is O=C(COc1ccc(N2CCCC2=O)cc1)N[C@@H]1CCCc2ccccc21. The lowest BCUT2D eigenvalue weighted by molar-refractivity contribution is -0.124. The lowest BCUT2D eigenvalue weighted by atomic mass is 9.88. The quantitative estimate of drug-likeness (QED) is 0.885. The molecule has 0 unspecified atom stereocenters. The summed E-state index contributed by atoms with van der Waals surface area (Å²) in [5, 5.41) is 3.09.